The van der Waals surface area contributed by atoms with Crippen LogP contribution in [0.15, 0.2) is 6.20 Å². The maximum Gasteiger partial charge on any atom is 0.285 e. The fraction of sp³-hybridized carbons (Fsp3) is 0.714. The van der Waals surface area contributed by atoms with Crippen LogP contribution >= 0.6 is 0 Å². The highest BCUT2D eigenvalue weighted by Crippen LogP contribution is 2.21. The molecule has 2 atom stereocenters. The number of rotatable bonds is 2. The lowest BCUT2D eigenvalue weighted by atomic mass is 10.00. The van der Waals surface area contributed by atoms with E-state index in [0.717, 1.165) is 38.3 Å². The summed E-state index contributed by atoms with van der Waals surface area (Å²) in [7, 11) is 0. The molecule has 0 radical (unpaired) electrons. The summed E-state index contributed by atoms with van der Waals surface area (Å²) in [4.78, 5) is 16.7. The molecule has 2 aliphatic heterocycles. The Bertz CT molecular complexity index is 464. The molecule has 1 saturated heterocycles. The molecule has 0 bridgehead atoms. The highest BCUT2D eigenvalue weighted by molar-refractivity contribution is 5.92. The van der Waals surface area contributed by atoms with Crippen LogP contribution < -0.4 is 10.7 Å². The number of anilines is 1. The molecule has 0 aromatic carbocycles. The van der Waals surface area contributed by atoms with Gasteiger partial charge in [0, 0.05) is 31.4 Å². The standard InChI is InChI=1S/C14H23N5O/c1-10-5-3-6-11(2)19(10)17-13(20)12-9-18-8-4-7-15-14(18)16-12/h9-11H,3-8H2,1-2H3,(H,15,16)(H,17,20). The predicted molar refractivity (Wildman–Crippen MR) is 77.4 cm³/mol. The Morgan fingerprint density at radius 1 is 1.35 bits per heavy atom. The zero-order valence-corrected chi connectivity index (χ0v) is 12.2. The van der Waals surface area contributed by atoms with Crippen molar-refractivity contribution in [3.05, 3.63) is 11.9 Å². The highest BCUT2D eigenvalue weighted by atomic mass is 16.2. The molecule has 6 nitrogen and oxygen atoms in total. The van der Waals surface area contributed by atoms with Gasteiger partial charge in [-0.3, -0.25) is 10.2 Å². The number of carbonyl (C=O) groups is 1. The average Bonchev–Trinajstić information content (AvgIpc) is 2.87. The van der Waals surface area contributed by atoms with E-state index in [1.54, 1.807) is 0 Å². The first-order chi connectivity index (χ1) is 9.65. The first kappa shape index (κ1) is 13.4. The monoisotopic (exact) mass is 277 g/mol. The second-order valence-corrected chi connectivity index (χ2v) is 5.90. The van der Waals surface area contributed by atoms with E-state index in [4.69, 9.17) is 0 Å². The minimum absolute atomic E-state index is 0.103. The molecule has 2 N–H and O–H groups in total. The van der Waals surface area contributed by atoms with E-state index in [9.17, 15) is 4.79 Å². The molecule has 1 aromatic rings. The van der Waals surface area contributed by atoms with Crippen LogP contribution in [0.5, 0.6) is 0 Å². The molecule has 3 heterocycles. The van der Waals surface area contributed by atoms with Gasteiger partial charge in [-0.2, -0.15) is 0 Å². The molecule has 0 spiro atoms. The molecule has 3 rings (SSSR count). The van der Waals surface area contributed by atoms with Crippen molar-refractivity contribution in [1.29, 1.82) is 0 Å². The summed E-state index contributed by atoms with van der Waals surface area (Å²) in [6.45, 7) is 6.18. The van der Waals surface area contributed by atoms with Gasteiger partial charge in [0.15, 0.2) is 0 Å². The Hall–Kier alpha value is -1.56. The van der Waals surface area contributed by atoms with E-state index in [2.05, 4.69) is 34.6 Å². The SMILES string of the molecule is CC1CCCC(C)N1NC(=O)c1cn2c(n1)NCCC2. The number of hydrogen-bond acceptors (Lipinski definition) is 4. The third-order valence-corrected chi connectivity index (χ3v) is 4.29. The van der Waals surface area contributed by atoms with Crippen molar-refractivity contribution < 1.29 is 4.79 Å². The molecule has 0 aliphatic carbocycles. The van der Waals surface area contributed by atoms with Gasteiger partial charge in [0.25, 0.3) is 5.91 Å². The van der Waals surface area contributed by atoms with Gasteiger partial charge in [-0.05, 0) is 33.1 Å². The summed E-state index contributed by atoms with van der Waals surface area (Å²) in [5, 5.41) is 5.30. The summed E-state index contributed by atoms with van der Waals surface area (Å²) in [5.41, 5.74) is 3.53. The van der Waals surface area contributed by atoms with Gasteiger partial charge in [0.05, 0.1) is 0 Å². The number of nitrogens with one attached hydrogen (secondary N) is 2. The first-order valence-corrected chi connectivity index (χ1v) is 7.55. The highest BCUT2D eigenvalue weighted by Gasteiger charge is 2.27. The van der Waals surface area contributed by atoms with Gasteiger partial charge in [0.1, 0.15) is 5.69 Å². The Kier molecular flexibility index (Phi) is 3.65. The summed E-state index contributed by atoms with van der Waals surface area (Å²) in [5.74, 6) is 0.704. The Balaban J connectivity index is 1.70. The van der Waals surface area contributed by atoms with Crippen molar-refractivity contribution >= 4 is 11.9 Å². The van der Waals surface area contributed by atoms with Crippen LogP contribution in [-0.4, -0.2) is 39.1 Å². The van der Waals surface area contributed by atoms with Crippen molar-refractivity contribution in [2.75, 3.05) is 11.9 Å². The van der Waals surface area contributed by atoms with Crippen LogP contribution in [0.3, 0.4) is 0 Å². The maximum atomic E-state index is 12.4. The second kappa shape index (κ2) is 5.44. The molecule has 2 unspecified atom stereocenters. The Labute approximate surface area is 119 Å². The van der Waals surface area contributed by atoms with E-state index in [0.29, 0.717) is 17.8 Å². The molecular formula is C14H23N5O. The molecule has 1 fully saturated rings. The average molecular weight is 277 g/mol. The number of hydrazine groups is 1. The van der Waals surface area contributed by atoms with Crippen LogP contribution in [0, 0.1) is 0 Å². The van der Waals surface area contributed by atoms with Crippen molar-refractivity contribution in [2.24, 2.45) is 0 Å². The molecule has 2 aliphatic rings. The Morgan fingerprint density at radius 3 is 2.80 bits per heavy atom. The number of aryl methyl sites for hydroxylation is 1. The predicted octanol–water partition coefficient (Wildman–Crippen LogP) is 1.61. The van der Waals surface area contributed by atoms with Crippen LogP contribution in [0.1, 0.15) is 50.0 Å². The lowest BCUT2D eigenvalue weighted by Crippen LogP contribution is -2.54. The van der Waals surface area contributed by atoms with Crippen LogP contribution in [-0.2, 0) is 6.54 Å². The fourth-order valence-electron chi connectivity index (χ4n) is 3.10. The number of aromatic nitrogens is 2. The molecule has 110 valence electrons. The van der Waals surface area contributed by atoms with Crippen molar-refractivity contribution in [3.63, 3.8) is 0 Å². The van der Waals surface area contributed by atoms with E-state index >= 15 is 0 Å². The minimum atomic E-state index is -0.103. The molecule has 6 heteroatoms. The molecule has 20 heavy (non-hydrogen) atoms. The van der Waals surface area contributed by atoms with E-state index in [1.165, 1.54) is 6.42 Å². The third-order valence-electron chi connectivity index (χ3n) is 4.29. The lowest BCUT2D eigenvalue weighted by Gasteiger charge is -2.38. The largest absolute Gasteiger partial charge is 0.356 e. The summed E-state index contributed by atoms with van der Waals surface area (Å²) in [6, 6.07) is 0.774. The third kappa shape index (κ3) is 2.52. The fourth-order valence-corrected chi connectivity index (χ4v) is 3.10. The van der Waals surface area contributed by atoms with Gasteiger partial charge in [0.2, 0.25) is 5.95 Å². The number of amides is 1. The van der Waals surface area contributed by atoms with E-state index in [-0.39, 0.29) is 5.91 Å². The van der Waals surface area contributed by atoms with Crippen LogP contribution in [0.2, 0.25) is 0 Å². The van der Waals surface area contributed by atoms with Crippen molar-refractivity contribution in [3.8, 4) is 0 Å². The van der Waals surface area contributed by atoms with Crippen LogP contribution in [0.25, 0.3) is 0 Å². The van der Waals surface area contributed by atoms with Crippen LogP contribution in [0.4, 0.5) is 5.95 Å². The molecular weight excluding hydrogens is 254 g/mol. The number of piperidine rings is 1. The normalized spacial score (nSPS) is 26.7. The zero-order valence-electron chi connectivity index (χ0n) is 12.2. The van der Waals surface area contributed by atoms with Crippen molar-refractivity contribution in [2.45, 2.75) is 58.2 Å². The summed E-state index contributed by atoms with van der Waals surface area (Å²) >= 11 is 0. The zero-order chi connectivity index (χ0) is 14.1. The Morgan fingerprint density at radius 2 is 2.10 bits per heavy atom. The quantitative estimate of drug-likeness (QED) is 0.862. The van der Waals surface area contributed by atoms with Gasteiger partial charge in [-0.15, -0.1) is 0 Å². The number of carbonyl (C=O) groups excluding carboxylic acids is 1. The maximum absolute atomic E-state index is 12.4. The lowest BCUT2D eigenvalue weighted by molar-refractivity contribution is 0.0366. The van der Waals surface area contributed by atoms with Gasteiger partial charge >= 0.3 is 0 Å². The number of imidazole rings is 1. The molecule has 1 aromatic heterocycles. The van der Waals surface area contributed by atoms with Gasteiger partial charge < -0.3 is 9.88 Å². The minimum Gasteiger partial charge on any atom is -0.356 e. The van der Waals surface area contributed by atoms with Gasteiger partial charge in [-0.1, -0.05) is 6.42 Å². The number of fused-ring (bicyclic) bond motifs is 1. The smallest absolute Gasteiger partial charge is 0.285 e. The van der Waals surface area contributed by atoms with Gasteiger partial charge in [-0.25, -0.2) is 9.99 Å². The number of hydrogen-bond donors (Lipinski definition) is 2. The summed E-state index contributed by atoms with van der Waals surface area (Å²) < 4.78 is 2.02. The van der Waals surface area contributed by atoms with E-state index in [1.807, 2.05) is 10.8 Å². The molecule has 0 saturated carbocycles. The van der Waals surface area contributed by atoms with Crippen molar-refractivity contribution in [1.82, 2.24) is 20.0 Å². The van der Waals surface area contributed by atoms with E-state index < -0.39 is 0 Å². The first-order valence-electron chi connectivity index (χ1n) is 7.55. The topological polar surface area (TPSA) is 62.2 Å². The second-order valence-electron chi connectivity index (χ2n) is 5.90. The molecule has 1 amide bonds. The number of nitrogens with zero attached hydrogens (tertiary/aromatic N) is 3. The summed E-state index contributed by atoms with van der Waals surface area (Å²) in [6.07, 6.45) is 6.41.